The number of fused-ring (bicyclic) bond motifs is 1. The minimum atomic E-state index is -0.116. The van der Waals surface area contributed by atoms with E-state index < -0.39 is 0 Å². The molecule has 2 fully saturated rings. The van der Waals surface area contributed by atoms with Crippen molar-refractivity contribution in [1.29, 1.82) is 0 Å². The number of amides is 4. The van der Waals surface area contributed by atoms with E-state index in [0.29, 0.717) is 36.7 Å². The van der Waals surface area contributed by atoms with Crippen LogP contribution in [0, 0.1) is 18.8 Å². The molecule has 1 aromatic rings. The van der Waals surface area contributed by atoms with E-state index in [2.05, 4.69) is 33.1 Å². The number of urea groups is 1. The van der Waals surface area contributed by atoms with Gasteiger partial charge in [-0.1, -0.05) is 18.4 Å². The molecule has 172 valence electrons. The van der Waals surface area contributed by atoms with Gasteiger partial charge in [-0.2, -0.15) is 11.8 Å². The second kappa shape index (κ2) is 11.8. The highest BCUT2D eigenvalue weighted by molar-refractivity contribution is 8.00. The first kappa shape index (κ1) is 24.0. The summed E-state index contributed by atoms with van der Waals surface area (Å²) in [6.07, 6.45) is 4.01. The molecule has 4 N–H and O–H groups in total. The summed E-state index contributed by atoms with van der Waals surface area (Å²) >= 11 is 1.90. The van der Waals surface area contributed by atoms with Crippen LogP contribution in [0.3, 0.4) is 0 Å². The van der Waals surface area contributed by atoms with Gasteiger partial charge < -0.3 is 21.3 Å². The van der Waals surface area contributed by atoms with Gasteiger partial charge in [0.05, 0.1) is 12.1 Å². The van der Waals surface area contributed by atoms with Crippen LogP contribution < -0.4 is 21.3 Å². The highest BCUT2D eigenvalue weighted by Crippen LogP contribution is 2.33. The number of nitrogens with one attached hydrogen (secondary N) is 4. The topological polar surface area (TPSA) is 99.3 Å². The number of carbonyl (C=O) groups is 3. The number of aryl methyl sites for hydroxylation is 1. The van der Waals surface area contributed by atoms with Gasteiger partial charge in [0, 0.05) is 41.6 Å². The fourth-order valence-electron chi connectivity index (χ4n) is 4.06. The molecule has 0 aliphatic carbocycles. The van der Waals surface area contributed by atoms with Crippen molar-refractivity contribution in [2.45, 2.75) is 63.3 Å². The van der Waals surface area contributed by atoms with E-state index in [1.54, 1.807) is 6.92 Å². The van der Waals surface area contributed by atoms with E-state index in [4.69, 9.17) is 0 Å². The first-order valence-electron chi connectivity index (χ1n) is 11.2. The van der Waals surface area contributed by atoms with Crippen LogP contribution in [-0.2, 0) is 4.79 Å². The molecule has 4 amide bonds. The lowest BCUT2D eigenvalue weighted by Gasteiger charge is -2.16. The number of rotatable bonds is 10. The average Bonchev–Trinajstić information content (AvgIpc) is 3.31. The Balaban J connectivity index is 1.25. The Hall–Kier alpha value is -2.66. The third-order valence-electron chi connectivity index (χ3n) is 5.79. The standard InChI is InChI=1S/C24H32N4O3S/c1-3-7-17-11-10-16(2)18(14-17)23(30)26-13-6-12-25-21(29)9-5-4-8-20-22-19(15-32-20)27-24(31)28-22/h10-11,14,19-20,22H,4-6,8-9,12-13,15H2,1-2H3,(H,25,29)(H,26,30)(H2,27,28,31). The minimum Gasteiger partial charge on any atom is -0.356 e. The zero-order chi connectivity index (χ0) is 22.9. The first-order valence-corrected chi connectivity index (χ1v) is 12.3. The van der Waals surface area contributed by atoms with E-state index in [-0.39, 0.29) is 29.9 Å². The summed E-state index contributed by atoms with van der Waals surface area (Å²) in [5.41, 5.74) is 2.37. The van der Waals surface area contributed by atoms with Crippen LogP contribution >= 0.6 is 11.8 Å². The van der Waals surface area contributed by atoms with Gasteiger partial charge in [0.2, 0.25) is 5.91 Å². The number of thioether (sulfide) groups is 1. The van der Waals surface area contributed by atoms with Crippen molar-refractivity contribution in [3.05, 3.63) is 34.9 Å². The van der Waals surface area contributed by atoms with Gasteiger partial charge in [-0.25, -0.2) is 4.79 Å². The molecule has 3 unspecified atom stereocenters. The van der Waals surface area contributed by atoms with Crippen molar-refractivity contribution in [3.63, 3.8) is 0 Å². The highest BCUT2D eigenvalue weighted by atomic mass is 32.2. The fourth-order valence-corrected chi connectivity index (χ4v) is 5.61. The van der Waals surface area contributed by atoms with Crippen LogP contribution in [0.4, 0.5) is 4.79 Å². The Morgan fingerprint density at radius 1 is 1.16 bits per heavy atom. The maximum atomic E-state index is 12.4. The zero-order valence-corrected chi connectivity index (χ0v) is 19.6. The van der Waals surface area contributed by atoms with Gasteiger partial charge in [0.1, 0.15) is 0 Å². The highest BCUT2D eigenvalue weighted by Gasteiger charge is 2.42. The first-order chi connectivity index (χ1) is 15.5. The predicted octanol–water partition coefficient (Wildman–Crippen LogP) is 2.33. The molecular weight excluding hydrogens is 424 g/mol. The number of carbonyl (C=O) groups excluding carboxylic acids is 3. The Morgan fingerprint density at radius 3 is 2.78 bits per heavy atom. The quantitative estimate of drug-likeness (QED) is 0.247. The third kappa shape index (κ3) is 6.67. The summed E-state index contributed by atoms with van der Waals surface area (Å²) in [6, 6.07) is 6.03. The molecule has 2 aliphatic rings. The van der Waals surface area contributed by atoms with Gasteiger partial charge in [-0.15, -0.1) is 5.92 Å². The Morgan fingerprint density at radius 2 is 1.97 bits per heavy atom. The molecular formula is C24H32N4O3S. The number of benzene rings is 1. The van der Waals surface area contributed by atoms with Gasteiger partial charge in [0.25, 0.3) is 5.91 Å². The minimum absolute atomic E-state index is 0.0470. The summed E-state index contributed by atoms with van der Waals surface area (Å²) in [5.74, 6) is 6.70. The molecule has 8 heteroatoms. The van der Waals surface area contributed by atoms with Crippen molar-refractivity contribution in [2.24, 2.45) is 0 Å². The third-order valence-corrected chi connectivity index (χ3v) is 7.30. The molecule has 3 rings (SSSR count). The molecule has 7 nitrogen and oxygen atoms in total. The second-order valence-electron chi connectivity index (χ2n) is 8.23. The Labute approximate surface area is 194 Å². The lowest BCUT2D eigenvalue weighted by molar-refractivity contribution is -0.121. The second-order valence-corrected chi connectivity index (χ2v) is 9.50. The molecule has 0 saturated carbocycles. The molecule has 0 spiro atoms. The molecule has 0 aromatic heterocycles. The lowest BCUT2D eigenvalue weighted by Crippen LogP contribution is -2.36. The summed E-state index contributed by atoms with van der Waals surface area (Å²) in [6.45, 7) is 4.72. The summed E-state index contributed by atoms with van der Waals surface area (Å²) in [5, 5.41) is 12.2. The largest absolute Gasteiger partial charge is 0.356 e. The molecule has 0 bridgehead atoms. The van der Waals surface area contributed by atoms with Crippen LogP contribution in [0.15, 0.2) is 18.2 Å². The van der Waals surface area contributed by atoms with E-state index in [0.717, 1.165) is 36.1 Å². The van der Waals surface area contributed by atoms with Crippen molar-refractivity contribution < 1.29 is 14.4 Å². The average molecular weight is 457 g/mol. The molecule has 1 aromatic carbocycles. The smallest absolute Gasteiger partial charge is 0.315 e. The number of hydrogen-bond acceptors (Lipinski definition) is 4. The molecule has 2 heterocycles. The van der Waals surface area contributed by atoms with Gasteiger partial charge in [-0.3, -0.25) is 9.59 Å². The summed E-state index contributed by atoms with van der Waals surface area (Å²) in [7, 11) is 0. The summed E-state index contributed by atoms with van der Waals surface area (Å²) in [4.78, 5) is 35.9. The van der Waals surface area contributed by atoms with Crippen molar-refractivity contribution in [1.82, 2.24) is 21.3 Å². The van der Waals surface area contributed by atoms with E-state index >= 15 is 0 Å². The summed E-state index contributed by atoms with van der Waals surface area (Å²) < 4.78 is 0. The maximum Gasteiger partial charge on any atom is 0.315 e. The zero-order valence-electron chi connectivity index (χ0n) is 18.8. The normalized spacial score (nSPS) is 21.1. The van der Waals surface area contributed by atoms with Gasteiger partial charge in [-0.05, 0) is 50.8 Å². The van der Waals surface area contributed by atoms with Crippen LogP contribution in [0.2, 0.25) is 0 Å². The Bertz CT molecular complexity index is 908. The lowest BCUT2D eigenvalue weighted by atomic mass is 10.0. The van der Waals surface area contributed by atoms with Crippen LogP contribution in [0.1, 0.15) is 60.5 Å². The van der Waals surface area contributed by atoms with E-state index in [9.17, 15) is 14.4 Å². The molecule has 2 aliphatic heterocycles. The van der Waals surface area contributed by atoms with Gasteiger partial charge in [0.15, 0.2) is 0 Å². The van der Waals surface area contributed by atoms with Gasteiger partial charge >= 0.3 is 6.03 Å². The SMILES string of the molecule is CC#Cc1ccc(C)c(C(=O)NCCCNC(=O)CCCCC2SCC3NC(=O)NC32)c1. The monoisotopic (exact) mass is 456 g/mol. The number of unbranched alkanes of at least 4 members (excludes halogenated alkanes) is 1. The van der Waals surface area contributed by atoms with Crippen molar-refractivity contribution in [3.8, 4) is 11.8 Å². The molecule has 2 saturated heterocycles. The van der Waals surface area contributed by atoms with Crippen molar-refractivity contribution >= 4 is 29.6 Å². The molecule has 32 heavy (non-hydrogen) atoms. The fraction of sp³-hybridized carbons (Fsp3) is 0.542. The van der Waals surface area contributed by atoms with E-state index in [1.165, 1.54) is 0 Å². The predicted molar refractivity (Wildman–Crippen MR) is 128 cm³/mol. The molecule has 0 radical (unpaired) electrons. The number of hydrogen-bond donors (Lipinski definition) is 4. The van der Waals surface area contributed by atoms with Crippen LogP contribution in [0.5, 0.6) is 0 Å². The van der Waals surface area contributed by atoms with Crippen LogP contribution in [0.25, 0.3) is 0 Å². The maximum absolute atomic E-state index is 12.4. The van der Waals surface area contributed by atoms with E-state index in [1.807, 2.05) is 36.9 Å². The van der Waals surface area contributed by atoms with Crippen molar-refractivity contribution in [2.75, 3.05) is 18.8 Å². The molecule has 3 atom stereocenters. The van der Waals surface area contributed by atoms with Crippen LogP contribution in [-0.4, -0.2) is 54.0 Å². The Kier molecular flexibility index (Phi) is 8.86.